The SMILES string of the molecule is CCC(=O)Nc1cccc(C(=O)OCCC#N)c1. The Balaban J connectivity index is 2.67. The topological polar surface area (TPSA) is 79.2 Å². The molecule has 0 atom stereocenters. The summed E-state index contributed by atoms with van der Waals surface area (Å²) in [6.07, 6.45) is 0.537. The van der Waals surface area contributed by atoms with E-state index in [2.05, 4.69) is 5.32 Å². The molecular weight excluding hydrogens is 232 g/mol. The molecule has 0 spiro atoms. The molecule has 1 aromatic carbocycles. The van der Waals surface area contributed by atoms with Crippen molar-refractivity contribution in [1.82, 2.24) is 0 Å². The van der Waals surface area contributed by atoms with E-state index in [1.165, 1.54) is 0 Å². The van der Waals surface area contributed by atoms with Gasteiger partial charge in [0, 0.05) is 12.1 Å². The minimum absolute atomic E-state index is 0.0703. The van der Waals surface area contributed by atoms with Crippen molar-refractivity contribution < 1.29 is 14.3 Å². The number of nitrogens with one attached hydrogen (secondary N) is 1. The summed E-state index contributed by atoms with van der Waals surface area (Å²) in [6, 6.07) is 8.38. The molecule has 5 heteroatoms. The van der Waals surface area contributed by atoms with Crippen LogP contribution in [-0.4, -0.2) is 18.5 Å². The largest absolute Gasteiger partial charge is 0.461 e. The summed E-state index contributed by atoms with van der Waals surface area (Å²) in [5.41, 5.74) is 0.901. The van der Waals surface area contributed by atoms with Crippen LogP contribution in [-0.2, 0) is 9.53 Å². The zero-order valence-corrected chi connectivity index (χ0v) is 10.1. The standard InChI is InChI=1S/C13H14N2O3/c1-2-12(16)15-11-6-3-5-10(9-11)13(17)18-8-4-7-14/h3,5-6,9H,2,4,8H2,1H3,(H,15,16). The molecule has 94 valence electrons. The lowest BCUT2D eigenvalue weighted by atomic mass is 10.2. The van der Waals surface area contributed by atoms with Crippen LogP contribution in [0, 0.1) is 11.3 Å². The van der Waals surface area contributed by atoms with Gasteiger partial charge >= 0.3 is 5.97 Å². The van der Waals surface area contributed by atoms with E-state index in [1.807, 2.05) is 6.07 Å². The van der Waals surface area contributed by atoms with Crippen molar-refractivity contribution >= 4 is 17.6 Å². The van der Waals surface area contributed by atoms with Crippen LogP contribution in [0.4, 0.5) is 5.69 Å². The Morgan fingerprint density at radius 3 is 2.89 bits per heavy atom. The number of amides is 1. The van der Waals surface area contributed by atoms with Crippen LogP contribution in [0.3, 0.4) is 0 Å². The van der Waals surface area contributed by atoms with E-state index in [1.54, 1.807) is 31.2 Å². The van der Waals surface area contributed by atoms with Crippen molar-refractivity contribution in [1.29, 1.82) is 5.26 Å². The van der Waals surface area contributed by atoms with Crippen LogP contribution >= 0.6 is 0 Å². The Morgan fingerprint density at radius 1 is 1.44 bits per heavy atom. The van der Waals surface area contributed by atoms with Gasteiger partial charge in [-0.2, -0.15) is 5.26 Å². The Hall–Kier alpha value is -2.35. The van der Waals surface area contributed by atoms with Crippen molar-refractivity contribution in [2.45, 2.75) is 19.8 Å². The molecule has 0 aromatic heterocycles. The lowest BCUT2D eigenvalue weighted by Crippen LogP contribution is -2.11. The number of rotatable bonds is 5. The second-order valence-corrected chi connectivity index (χ2v) is 3.53. The summed E-state index contributed by atoms with van der Waals surface area (Å²) in [5.74, 6) is -0.622. The van der Waals surface area contributed by atoms with E-state index in [0.717, 1.165) is 0 Å². The van der Waals surface area contributed by atoms with Crippen LogP contribution in [0.5, 0.6) is 0 Å². The van der Waals surface area contributed by atoms with Crippen LogP contribution in [0.25, 0.3) is 0 Å². The molecule has 18 heavy (non-hydrogen) atoms. The van der Waals surface area contributed by atoms with Gasteiger partial charge in [0.05, 0.1) is 18.1 Å². The highest BCUT2D eigenvalue weighted by Gasteiger charge is 2.08. The number of carbonyl (C=O) groups excluding carboxylic acids is 2. The molecule has 0 aliphatic heterocycles. The summed E-state index contributed by atoms with van der Waals surface area (Å²) < 4.78 is 4.88. The Bertz CT molecular complexity index is 477. The van der Waals surface area contributed by atoms with Gasteiger partial charge in [0.1, 0.15) is 6.61 Å². The highest BCUT2D eigenvalue weighted by molar-refractivity contribution is 5.94. The van der Waals surface area contributed by atoms with Crippen molar-refractivity contribution in [3.05, 3.63) is 29.8 Å². The average Bonchev–Trinajstić information content (AvgIpc) is 2.39. The normalized spacial score (nSPS) is 9.33. The molecule has 0 aliphatic carbocycles. The zero-order chi connectivity index (χ0) is 13.4. The summed E-state index contributed by atoms with van der Waals surface area (Å²) >= 11 is 0. The Kier molecular flexibility index (Phi) is 5.39. The molecule has 5 nitrogen and oxygen atoms in total. The van der Waals surface area contributed by atoms with Gasteiger partial charge in [-0.3, -0.25) is 4.79 Å². The first-order chi connectivity index (χ1) is 8.67. The van der Waals surface area contributed by atoms with Gasteiger partial charge in [-0.15, -0.1) is 0 Å². The number of nitriles is 1. The maximum absolute atomic E-state index is 11.6. The van der Waals surface area contributed by atoms with Gasteiger partial charge in [-0.25, -0.2) is 4.79 Å². The molecule has 0 radical (unpaired) electrons. The smallest absolute Gasteiger partial charge is 0.338 e. The minimum Gasteiger partial charge on any atom is -0.461 e. The number of carbonyl (C=O) groups is 2. The fourth-order valence-corrected chi connectivity index (χ4v) is 1.25. The number of nitrogens with zero attached hydrogens (tertiary/aromatic N) is 1. The van der Waals surface area contributed by atoms with Crippen molar-refractivity contribution in [2.24, 2.45) is 0 Å². The van der Waals surface area contributed by atoms with Crippen LogP contribution in [0.1, 0.15) is 30.1 Å². The Morgan fingerprint density at radius 2 is 2.22 bits per heavy atom. The van der Waals surface area contributed by atoms with E-state index < -0.39 is 5.97 Å². The van der Waals surface area contributed by atoms with E-state index >= 15 is 0 Å². The van der Waals surface area contributed by atoms with Crippen LogP contribution in [0.2, 0.25) is 0 Å². The van der Waals surface area contributed by atoms with E-state index in [-0.39, 0.29) is 18.9 Å². The predicted molar refractivity (Wildman–Crippen MR) is 65.9 cm³/mol. The van der Waals surface area contributed by atoms with Gasteiger partial charge < -0.3 is 10.1 Å². The lowest BCUT2D eigenvalue weighted by molar-refractivity contribution is -0.115. The first-order valence-electron chi connectivity index (χ1n) is 5.61. The van der Waals surface area contributed by atoms with E-state index in [4.69, 9.17) is 10.00 Å². The van der Waals surface area contributed by atoms with Gasteiger partial charge in [0.2, 0.25) is 5.91 Å². The third kappa shape index (κ3) is 4.26. The predicted octanol–water partition coefficient (Wildman–Crippen LogP) is 2.11. The number of anilines is 1. The second-order valence-electron chi connectivity index (χ2n) is 3.53. The van der Waals surface area contributed by atoms with E-state index in [0.29, 0.717) is 17.7 Å². The lowest BCUT2D eigenvalue weighted by Gasteiger charge is -2.06. The summed E-state index contributed by atoms with van der Waals surface area (Å²) in [5, 5.41) is 11.0. The molecule has 1 rings (SSSR count). The number of ether oxygens (including phenoxy) is 1. The first kappa shape index (κ1) is 13.7. The van der Waals surface area contributed by atoms with Crippen molar-refractivity contribution in [3.8, 4) is 6.07 Å². The zero-order valence-electron chi connectivity index (χ0n) is 10.1. The monoisotopic (exact) mass is 246 g/mol. The summed E-state index contributed by atoms with van der Waals surface area (Å²) in [6.45, 7) is 1.82. The fourth-order valence-electron chi connectivity index (χ4n) is 1.25. The first-order valence-corrected chi connectivity index (χ1v) is 5.61. The Labute approximate surface area is 105 Å². The molecule has 1 aromatic rings. The maximum Gasteiger partial charge on any atom is 0.338 e. The summed E-state index contributed by atoms with van der Waals surface area (Å²) in [4.78, 5) is 22.8. The molecular formula is C13H14N2O3. The van der Waals surface area contributed by atoms with Crippen molar-refractivity contribution in [3.63, 3.8) is 0 Å². The molecule has 0 bridgehead atoms. The number of hydrogen-bond donors (Lipinski definition) is 1. The molecule has 1 amide bonds. The fraction of sp³-hybridized carbons (Fsp3) is 0.308. The van der Waals surface area contributed by atoms with Gasteiger partial charge in [0.25, 0.3) is 0 Å². The molecule has 0 saturated carbocycles. The van der Waals surface area contributed by atoms with Gasteiger partial charge in [0.15, 0.2) is 0 Å². The molecule has 1 N–H and O–H groups in total. The maximum atomic E-state index is 11.6. The van der Waals surface area contributed by atoms with Gasteiger partial charge in [-0.1, -0.05) is 13.0 Å². The molecule has 0 saturated heterocycles. The highest BCUT2D eigenvalue weighted by Crippen LogP contribution is 2.12. The quantitative estimate of drug-likeness (QED) is 0.637. The van der Waals surface area contributed by atoms with Gasteiger partial charge in [-0.05, 0) is 18.2 Å². The summed E-state index contributed by atoms with van der Waals surface area (Å²) in [7, 11) is 0. The molecule has 0 heterocycles. The number of hydrogen-bond acceptors (Lipinski definition) is 4. The van der Waals surface area contributed by atoms with Crippen LogP contribution in [0.15, 0.2) is 24.3 Å². The van der Waals surface area contributed by atoms with Crippen molar-refractivity contribution in [2.75, 3.05) is 11.9 Å². The number of esters is 1. The molecule has 0 fully saturated rings. The minimum atomic E-state index is -0.502. The highest BCUT2D eigenvalue weighted by atomic mass is 16.5. The number of benzene rings is 1. The second kappa shape index (κ2) is 7.07. The third-order valence-electron chi connectivity index (χ3n) is 2.15. The molecule has 0 aliphatic rings. The van der Waals surface area contributed by atoms with E-state index in [9.17, 15) is 9.59 Å². The third-order valence-corrected chi connectivity index (χ3v) is 2.15. The average molecular weight is 246 g/mol. The molecule has 0 unspecified atom stereocenters. The van der Waals surface area contributed by atoms with Crippen LogP contribution < -0.4 is 5.32 Å².